The molecule has 2 fully saturated rings. The molecule has 0 aromatic rings. The zero-order chi connectivity index (χ0) is 8.77. The maximum absolute atomic E-state index is 5.67. The fourth-order valence-corrected chi connectivity index (χ4v) is 2.41. The van der Waals surface area contributed by atoms with Crippen molar-refractivity contribution in [2.24, 2.45) is 5.92 Å². The van der Waals surface area contributed by atoms with E-state index in [1.165, 1.54) is 25.9 Å². The van der Waals surface area contributed by atoms with Crippen LogP contribution in [0.3, 0.4) is 0 Å². The second-order valence-corrected chi connectivity index (χ2v) is 4.81. The lowest BCUT2D eigenvalue weighted by atomic mass is 9.90. The minimum atomic E-state index is 0.183. The number of piperidine rings is 1. The SMILES string of the molecule is CN1CCCC(C2OC2(C)C)C1. The smallest absolute Gasteiger partial charge is 0.0908 e. The number of epoxide rings is 1. The molecule has 0 spiro atoms. The van der Waals surface area contributed by atoms with Crippen molar-refractivity contribution in [3.63, 3.8) is 0 Å². The summed E-state index contributed by atoms with van der Waals surface area (Å²) in [7, 11) is 2.21. The van der Waals surface area contributed by atoms with Crippen molar-refractivity contribution >= 4 is 0 Å². The monoisotopic (exact) mass is 169 g/mol. The highest BCUT2D eigenvalue weighted by molar-refractivity contribution is 5.00. The topological polar surface area (TPSA) is 15.8 Å². The summed E-state index contributed by atoms with van der Waals surface area (Å²) in [5, 5.41) is 0. The van der Waals surface area contributed by atoms with E-state index in [1.54, 1.807) is 0 Å². The minimum Gasteiger partial charge on any atom is -0.366 e. The third-order valence-electron chi connectivity index (χ3n) is 3.15. The third kappa shape index (κ3) is 1.50. The molecule has 2 atom stereocenters. The van der Waals surface area contributed by atoms with Crippen LogP contribution in [-0.2, 0) is 4.74 Å². The standard InChI is InChI=1S/C10H19NO/c1-10(2)9(12-10)8-5-4-6-11(3)7-8/h8-9H,4-7H2,1-3H3. The molecule has 2 aliphatic rings. The van der Waals surface area contributed by atoms with Gasteiger partial charge < -0.3 is 9.64 Å². The Bertz CT molecular complexity index is 179. The Kier molecular flexibility index (Phi) is 1.92. The van der Waals surface area contributed by atoms with Crippen LogP contribution in [0.4, 0.5) is 0 Å². The number of rotatable bonds is 1. The Morgan fingerprint density at radius 3 is 2.58 bits per heavy atom. The van der Waals surface area contributed by atoms with Crippen molar-refractivity contribution < 1.29 is 4.74 Å². The van der Waals surface area contributed by atoms with Gasteiger partial charge in [-0.3, -0.25) is 0 Å². The Hall–Kier alpha value is -0.0800. The molecule has 12 heavy (non-hydrogen) atoms. The molecule has 2 heteroatoms. The van der Waals surface area contributed by atoms with Crippen molar-refractivity contribution in [3.8, 4) is 0 Å². The van der Waals surface area contributed by atoms with Gasteiger partial charge in [-0.2, -0.15) is 0 Å². The van der Waals surface area contributed by atoms with Gasteiger partial charge in [0.25, 0.3) is 0 Å². The van der Waals surface area contributed by atoms with Gasteiger partial charge in [0, 0.05) is 12.5 Å². The molecular weight excluding hydrogens is 150 g/mol. The quantitative estimate of drug-likeness (QED) is 0.553. The van der Waals surface area contributed by atoms with Crippen LogP contribution in [0.15, 0.2) is 0 Å². The maximum Gasteiger partial charge on any atom is 0.0908 e. The van der Waals surface area contributed by atoms with Gasteiger partial charge in [0.15, 0.2) is 0 Å². The molecule has 70 valence electrons. The van der Waals surface area contributed by atoms with E-state index in [0.717, 1.165) is 5.92 Å². The van der Waals surface area contributed by atoms with E-state index < -0.39 is 0 Å². The van der Waals surface area contributed by atoms with Crippen molar-refractivity contribution in [2.45, 2.75) is 38.4 Å². The average Bonchev–Trinajstić information content (AvgIpc) is 2.60. The molecule has 0 bridgehead atoms. The van der Waals surface area contributed by atoms with Gasteiger partial charge in [-0.05, 0) is 40.3 Å². The number of hydrogen-bond donors (Lipinski definition) is 0. The lowest BCUT2D eigenvalue weighted by Gasteiger charge is -2.29. The summed E-state index contributed by atoms with van der Waals surface area (Å²) in [6, 6.07) is 0. The van der Waals surface area contributed by atoms with Gasteiger partial charge in [-0.15, -0.1) is 0 Å². The summed E-state index contributed by atoms with van der Waals surface area (Å²) in [4.78, 5) is 2.42. The van der Waals surface area contributed by atoms with Crippen molar-refractivity contribution in [3.05, 3.63) is 0 Å². The fourth-order valence-electron chi connectivity index (χ4n) is 2.41. The van der Waals surface area contributed by atoms with Crippen LogP contribution in [0, 0.1) is 5.92 Å². The van der Waals surface area contributed by atoms with Gasteiger partial charge in [-0.25, -0.2) is 0 Å². The molecule has 2 unspecified atom stereocenters. The Morgan fingerprint density at radius 1 is 1.42 bits per heavy atom. The molecule has 0 saturated carbocycles. The normalized spacial score (nSPS) is 41.2. The summed E-state index contributed by atoms with van der Waals surface area (Å²) in [5.41, 5.74) is 0.183. The molecular formula is C10H19NO. The van der Waals surface area contributed by atoms with E-state index in [0.29, 0.717) is 6.10 Å². The Morgan fingerprint density at radius 2 is 2.08 bits per heavy atom. The number of hydrogen-bond acceptors (Lipinski definition) is 2. The zero-order valence-electron chi connectivity index (χ0n) is 8.34. The molecule has 2 saturated heterocycles. The highest BCUT2D eigenvalue weighted by Crippen LogP contribution is 2.43. The molecule has 0 aromatic carbocycles. The third-order valence-corrected chi connectivity index (χ3v) is 3.15. The first-order valence-corrected chi connectivity index (χ1v) is 4.96. The first-order valence-electron chi connectivity index (χ1n) is 4.96. The minimum absolute atomic E-state index is 0.183. The van der Waals surface area contributed by atoms with Crippen molar-refractivity contribution in [1.29, 1.82) is 0 Å². The number of likely N-dealkylation sites (tertiary alicyclic amines) is 1. The van der Waals surface area contributed by atoms with E-state index in [9.17, 15) is 0 Å². The lowest BCUT2D eigenvalue weighted by Crippen LogP contribution is -2.35. The van der Waals surface area contributed by atoms with E-state index in [-0.39, 0.29) is 5.60 Å². The summed E-state index contributed by atoms with van der Waals surface area (Å²) in [6.07, 6.45) is 3.25. The van der Waals surface area contributed by atoms with Crippen LogP contribution in [-0.4, -0.2) is 36.7 Å². The van der Waals surface area contributed by atoms with Gasteiger partial charge in [-0.1, -0.05) is 0 Å². The van der Waals surface area contributed by atoms with Gasteiger partial charge in [0.05, 0.1) is 11.7 Å². The fraction of sp³-hybridized carbons (Fsp3) is 1.00. The largest absolute Gasteiger partial charge is 0.366 e. The van der Waals surface area contributed by atoms with E-state index in [1.807, 2.05) is 0 Å². The van der Waals surface area contributed by atoms with E-state index >= 15 is 0 Å². The zero-order valence-corrected chi connectivity index (χ0v) is 8.34. The first-order chi connectivity index (χ1) is 5.59. The van der Waals surface area contributed by atoms with E-state index in [2.05, 4.69) is 25.8 Å². The van der Waals surface area contributed by atoms with Crippen LogP contribution in [0.1, 0.15) is 26.7 Å². The predicted octanol–water partition coefficient (Wildman–Crippen LogP) is 1.51. The van der Waals surface area contributed by atoms with Crippen molar-refractivity contribution in [1.82, 2.24) is 4.90 Å². The summed E-state index contributed by atoms with van der Waals surface area (Å²) in [6.45, 7) is 6.90. The second kappa shape index (κ2) is 2.71. The van der Waals surface area contributed by atoms with Gasteiger partial charge in [0.2, 0.25) is 0 Å². The first kappa shape index (κ1) is 8.52. The number of nitrogens with zero attached hydrogens (tertiary/aromatic N) is 1. The maximum atomic E-state index is 5.67. The molecule has 2 aliphatic heterocycles. The molecule has 2 rings (SSSR count). The highest BCUT2D eigenvalue weighted by atomic mass is 16.6. The lowest BCUT2D eigenvalue weighted by molar-refractivity contribution is 0.177. The van der Waals surface area contributed by atoms with Crippen LogP contribution < -0.4 is 0 Å². The van der Waals surface area contributed by atoms with Crippen molar-refractivity contribution in [2.75, 3.05) is 20.1 Å². The predicted molar refractivity (Wildman–Crippen MR) is 49.2 cm³/mol. The van der Waals surface area contributed by atoms with Gasteiger partial charge in [0.1, 0.15) is 0 Å². The van der Waals surface area contributed by atoms with Gasteiger partial charge >= 0.3 is 0 Å². The van der Waals surface area contributed by atoms with Crippen LogP contribution in [0.5, 0.6) is 0 Å². The molecule has 0 aromatic heterocycles. The highest BCUT2D eigenvalue weighted by Gasteiger charge is 2.52. The Labute approximate surface area is 74.9 Å². The molecule has 0 N–H and O–H groups in total. The molecule has 0 radical (unpaired) electrons. The van der Waals surface area contributed by atoms with Crippen LogP contribution in [0.2, 0.25) is 0 Å². The summed E-state index contributed by atoms with van der Waals surface area (Å²) in [5.74, 6) is 0.791. The molecule has 2 heterocycles. The molecule has 0 aliphatic carbocycles. The second-order valence-electron chi connectivity index (χ2n) is 4.81. The van der Waals surface area contributed by atoms with Crippen LogP contribution in [0.25, 0.3) is 0 Å². The number of ether oxygens (including phenoxy) is 1. The molecule has 2 nitrogen and oxygen atoms in total. The molecule has 0 amide bonds. The Balaban J connectivity index is 1.89. The van der Waals surface area contributed by atoms with Crippen LogP contribution >= 0.6 is 0 Å². The summed E-state index contributed by atoms with van der Waals surface area (Å²) >= 11 is 0. The summed E-state index contributed by atoms with van der Waals surface area (Å²) < 4.78 is 5.67. The average molecular weight is 169 g/mol. The van der Waals surface area contributed by atoms with E-state index in [4.69, 9.17) is 4.74 Å².